The Hall–Kier alpha value is -2.75. The molecule has 2 aromatic heterocycles. The van der Waals surface area contributed by atoms with Gasteiger partial charge in [-0.05, 0) is 6.92 Å². The molecule has 7 nitrogen and oxygen atoms in total. The molecule has 0 spiro atoms. The van der Waals surface area contributed by atoms with Gasteiger partial charge in [-0.2, -0.15) is 5.26 Å². The van der Waals surface area contributed by atoms with Crippen molar-refractivity contribution < 1.29 is 4.92 Å². The monoisotopic (exact) mass is 229 g/mol. The van der Waals surface area contributed by atoms with Gasteiger partial charge in [0.1, 0.15) is 23.7 Å². The fourth-order valence-corrected chi connectivity index (χ4v) is 1.43. The molecule has 0 saturated carbocycles. The summed E-state index contributed by atoms with van der Waals surface area (Å²) >= 11 is 0. The van der Waals surface area contributed by atoms with Gasteiger partial charge < -0.3 is 0 Å². The van der Waals surface area contributed by atoms with Crippen molar-refractivity contribution >= 4 is 5.69 Å². The standard InChI is InChI=1S/C10H7N5O2/c1-7-9(15(16)17)4-8(5-11)10(13-7)14-3-2-12-6-14/h2-4,6H,1H3. The number of pyridine rings is 1. The zero-order valence-electron chi connectivity index (χ0n) is 8.86. The molecule has 2 rings (SSSR count). The van der Waals surface area contributed by atoms with Crippen LogP contribution < -0.4 is 0 Å². The predicted molar refractivity (Wildman–Crippen MR) is 57.5 cm³/mol. The van der Waals surface area contributed by atoms with E-state index in [-0.39, 0.29) is 16.9 Å². The van der Waals surface area contributed by atoms with Crippen molar-refractivity contribution in [2.24, 2.45) is 0 Å². The second-order valence-corrected chi connectivity index (χ2v) is 3.30. The molecule has 0 saturated heterocycles. The van der Waals surface area contributed by atoms with Gasteiger partial charge in [-0.15, -0.1) is 0 Å². The van der Waals surface area contributed by atoms with Gasteiger partial charge in [0.05, 0.1) is 4.92 Å². The fourth-order valence-electron chi connectivity index (χ4n) is 1.43. The highest BCUT2D eigenvalue weighted by Crippen LogP contribution is 2.21. The SMILES string of the molecule is Cc1nc(-n2ccnc2)c(C#N)cc1[N+](=O)[O-]. The fraction of sp³-hybridized carbons (Fsp3) is 0.100. The molecule has 0 atom stereocenters. The molecular formula is C10H7N5O2. The maximum atomic E-state index is 10.7. The van der Waals surface area contributed by atoms with Crippen molar-refractivity contribution in [3.05, 3.63) is 46.2 Å². The van der Waals surface area contributed by atoms with Crippen molar-refractivity contribution in [2.45, 2.75) is 6.92 Å². The minimum Gasteiger partial charge on any atom is -0.289 e. The van der Waals surface area contributed by atoms with Crippen molar-refractivity contribution in [2.75, 3.05) is 0 Å². The summed E-state index contributed by atoms with van der Waals surface area (Å²) in [6, 6.07) is 3.11. The second kappa shape index (κ2) is 4.02. The van der Waals surface area contributed by atoms with Crippen LogP contribution in [0.15, 0.2) is 24.8 Å². The van der Waals surface area contributed by atoms with Crippen LogP contribution in [0.5, 0.6) is 0 Å². The number of aryl methyl sites for hydroxylation is 1. The minimum atomic E-state index is -0.555. The summed E-state index contributed by atoms with van der Waals surface area (Å²) in [6.45, 7) is 1.53. The Kier molecular flexibility index (Phi) is 2.54. The first-order valence-corrected chi connectivity index (χ1v) is 4.68. The first-order valence-electron chi connectivity index (χ1n) is 4.68. The zero-order valence-corrected chi connectivity index (χ0v) is 8.86. The summed E-state index contributed by atoms with van der Waals surface area (Å²) in [5.41, 5.74) is 0.239. The van der Waals surface area contributed by atoms with Crippen LogP contribution in [0.3, 0.4) is 0 Å². The van der Waals surface area contributed by atoms with Gasteiger partial charge in [-0.1, -0.05) is 0 Å². The van der Waals surface area contributed by atoms with Crippen LogP contribution in [0.4, 0.5) is 5.69 Å². The van der Waals surface area contributed by atoms with Crippen LogP contribution in [0, 0.1) is 28.4 Å². The normalized spacial score (nSPS) is 9.88. The van der Waals surface area contributed by atoms with Gasteiger partial charge in [0.25, 0.3) is 5.69 Å². The highest BCUT2D eigenvalue weighted by Gasteiger charge is 2.17. The van der Waals surface area contributed by atoms with E-state index in [4.69, 9.17) is 5.26 Å². The molecule has 0 aliphatic heterocycles. The van der Waals surface area contributed by atoms with Crippen LogP contribution in [-0.2, 0) is 0 Å². The molecule has 84 valence electrons. The molecule has 0 aliphatic carbocycles. The van der Waals surface area contributed by atoms with E-state index in [0.29, 0.717) is 5.82 Å². The van der Waals surface area contributed by atoms with Crippen LogP contribution in [0.25, 0.3) is 5.82 Å². The van der Waals surface area contributed by atoms with Gasteiger partial charge in [0.2, 0.25) is 0 Å². The van der Waals surface area contributed by atoms with Crippen molar-refractivity contribution in [3.63, 3.8) is 0 Å². The number of aromatic nitrogens is 3. The van der Waals surface area contributed by atoms with E-state index >= 15 is 0 Å². The van der Waals surface area contributed by atoms with E-state index in [1.54, 1.807) is 12.4 Å². The number of nitro groups is 1. The van der Waals surface area contributed by atoms with E-state index in [1.165, 1.54) is 23.9 Å². The number of imidazole rings is 1. The van der Waals surface area contributed by atoms with Crippen LogP contribution in [0.2, 0.25) is 0 Å². The van der Waals surface area contributed by atoms with Gasteiger partial charge in [-0.25, -0.2) is 9.97 Å². The van der Waals surface area contributed by atoms with Crippen molar-refractivity contribution in [1.29, 1.82) is 5.26 Å². The second-order valence-electron chi connectivity index (χ2n) is 3.30. The lowest BCUT2D eigenvalue weighted by Gasteiger charge is -2.05. The number of hydrogen-bond acceptors (Lipinski definition) is 5. The summed E-state index contributed by atoms with van der Waals surface area (Å²) in [5, 5.41) is 19.7. The molecule has 0 N–H and O–H groups in total. The summed E-state index contributed by atoms with van der Waals surface area (Å²) < 4.78 is 1.54. The smallest absolute Gasteiger partial charge is 0.289 e. The summed E-state index contributed by atoms with van der Waals surface area (Å²) in [6.07, 6.45) is 4.64. The Balaban J connectivity index is 2.67. The van der Waals surface area contributed by atoms with Gasteiger partial charge >= 0.3 is 0 Å². The van der Waals surface area contributed by atoms with E-state index < -0.39 is 4.92 Å². The van der Waals surface area contributed by atoms with Crippen LogP contribution in [0.1, 0.15) is 11.3 Å². The van der Waals surface area contributed by atoms with Gasteiger partial charge in [0.15, 0.2) is 5.82 Å². The lowest BCUT2D eigenvalue weighted by Crippen LogP contribution is -2.03. The third-order valence-corrected chi connectivity index (χ3v) is 2.23. The Morgan fingerprint density at radius 3 is 2.88 bits per heavy atom. The van der Waals surface area contributed by atoms with E-state index in [1.807, 2.05) is 6.07 Å². The molecule has 0 aromatic carbocycles. The maximum absolute atomic E-state index is 10.7. The Labute approximate surface area is 96.1 Å². The molecule has 0 fully saturated rings. The summed E-state index contributed by atoms with van der Waals surface area (Å²) in [4.78, 5) is 18.1. The number of hydrogen-bond donors (Lipinski definition) is 0. The third-order valence-electron chi connectivity index (χ3n) is 2.23. The third kappa shape index (κ3) is 1.83. The quantitative estimate of drug-likeness (QED) is 0.571. The zero-order chi connectivity index (χ0) is 12.4. The lowest BCUT2D eigenvalue weighted by atomic mass is 10.2. The first kappa shape index (κ1) is 10.8. The molecule has 0 radical (unpaired) electrons. The molecular weight excluding hydrogens is 222 g/mol. The molecule has 0 unspecified atom stereocenters. The van der Waals surface area contributed by atoms with E-state index in [9.17, 15) is 10.1 Å². The average molecular weight is 229 g/mol. The molecule has 2 heterocycles. The topological polar surface area (TPSA) is 97.6 Å². The summed E-state index contributed by atoms with van der Waals surface area (Å²) in [7, 11) is 0. The molecule has 0 aliphatic rings. The minimum absolute atomic E-state index is 0.139. The Morgan fingerprint density at radius 1 is 1.59 bits per heavy atom. The lowest BCUT2D eigenvalue weighted by molar-refractivity contribution is -0.385. The number of nitriles is 1. The largest absolute Gasteiger partial charge is 0.291 e. The number of nitrogens with zero attached hydrogens (tertiary/aromatic N) is 5. The van der Waals surface area contributed by atoms with Crippen molar-refractivity contribution in [1.82, 2.24) is 14.5 Å². The molecule has 2 aromatic rings. The Morgan fingerprint density at radius 2 is 2.35 bits per heavy atom. The molecule has 7 heteroatoms. The molecule has 17 heavy (non-hydrogen) atoms. The van der Waals surface area contributed by atoms with Crippen LogP contribution >= 0.6 is 0 Å². The van der Waals surface area contributed by atoms with Crippen LogP contribution in [-0.4, -0.2) is 19.5 Å². The highest BCUT2D eigenvalue weighted by molar-refractivity contribution is 5.52. The van der Waals surface area contributed by atoms with Gasteiger partial charge in [0, 0.05) is 18.5 Å². The first-order chi connectivity index (χ1) is 8.13. The van der Waals surface area contributed by atoms with Crippen molar-refractivity contribution in [3.8, 4) is 11.9 Å². The Bertz CT molecular complexity index is 612. The molecule has 0 bridgehead atoms. The number of rotatable bonds is 2. The van der Waals surface area contributed by atoms with Gasteiger partial charge in [-0.3, -0.25) is 14.7 Å². The predicted octanol–water partition coefficient (Wildman–Crippen LogP) is 1.36. The summed E-state index contributed by atoms with van der Waals surface area (Å²) in [5.74, 6) is 0.341. The average Bonchev–Trinajstić information content (AvgIpc) is 2.81. The maximum Gasteiger partial charge on any atom is 0.291 e. The highest BCUT2D eigenvalue weighted by atomic mass is 16.6. The molecule has 0 amide bonds. The van der Waals surface area contributed by atoms with E-state index in [0.717, 1.165) is 0 Å². The van der Waals surface area contributed by atoms with E-state index in [2.05, 4.69) is 9.97 Å².